The Hall–Kier alpha value is -0.570. The maximum atomic E-state index is 12.4. The topological polar surface area (TPSA) is 46.3 Å². The highest BCUT2D eigenvalue weighted by molar-refractivity contribution is 5.79. The van der Waals surface area contributed by atoms with E-state index < -0.39 is 0 Å². The molecule has 0 aromatic heterocycles. The molecule has 16 heavy (non-hydrogen) atoms. The minimum Gasteiger partial charge on any atom is -0.339 e. The minimum atomic E-state index is 0.218. The van der Waals surface area contributed by atoms with Gasteiger partial charge in [-0.15, -0.1) is 0 Å². The zero-order chi connectivity index (χ0) is 11.5. The minimum absolute atomic E-state index is 0.218. The van der Waals surface area contributed by atoms with Crippen LogP contribution in [0, 0.1) is 5.92 Å². The molecule has 3 unspecified atom stereocenters. The van der Waals surface area contributed by atoms with Gasteiger partial charge in [-0.2, -0.15) is 0 Å². The Kier molecular flexibility index (Phi) is 3.85. The lowest BCUT2D eigenvalue weighted by molar-refractivity contribution is -0.137. The van der Waals surface area contributed by atoms with Crippen LogP contribution in [0.1, 0.15) is 51.9 Å². The third kappa shape index (κ3) is 2.40. The third-order valence-electron chi connectivity index (χ3n) is 4.20. The zero-order valence-electron chi connectivity index (χ0n) is 10.3. The summed E-state index contributed by atoms with van der Waals surface area (Å²) in [6.45, 7) is 3.16. The van der Waals surface area contributed by atoms with Gasteiger partial charge in [0, 0.05) is 24.5 Å². The Bertz CT molecular complexity index is 254. The molecule has 3 heteroatoms. The Morgan fingerprint density at radius 3 is 2.81 bits per heavy atom. The van der Waals surface area contributed by atoms with E-state index in [1.54, 1.807) is 0 Å². The van der Waals surface area contributed by atoms with Crippen molar-refractivity contribution in [1.82, 2.24) is 4.90 Å². The van der Waals surface area contributed by atoms with Gasteiger partial charge in [0.2, 0.25) is 5.91 Å². The first-order valence-corrected chi connectivity index (χ1v) is 6.78. The van der Waals surface area contributed by atoms with E-state index in [1.807, 2.05) is 0 Å². The molecular formula is C13H24N2O. The SMILES string of the molecule is CCC1CCCN1C(=O)C1CCCC(N)C1. The normalized spacial score (nSPS) is 35.4. The molecule has 2 rings (SSSR count). The van der Waals surface area contributed by atoms with E-state index in [1.165, 1.54) is 12.8 Å². The second kappa shape index (κ2) is 5.17. The second-order valence-electron chi connectivity index (χ2n) is 5.36. The third-order valence-corrected chi connectivity index (χ3v) is 4.20. The van der Waals surface area contributed by atoms with Crippen LogP contribution < -0.4 is 5.73 Å². The van der Waals surface area contributed by atoms with Gasteiger partial charge in [0.15, 0.2) is 0 Å². The van der Waals surface area contributed by atoms with Crippen molar-refractivity contribution >= 4 is 5.91 Å². The number of hydrogen-bond donors (Lipinski definition) is 1. The molecule has 0 radical (unpaired) electrons. The molecule has 2 fully saturated rings. The number of carbonyl (C=O) groups is 1. The van der Waals surface area contributed by atoms with Gasteiger partial charge in [0.25, 0.3) is 0 Å². The quantitative estimate of drug-likeness (QED) is 0.778. The summed E-state index contributed by atoms with van der Waals surface area (Å²) < 4.78 is 0. The first-order chi connectivity index (χ1) is 7.72. The van der Waals surface area contributed by atoms with Gasteiger partial charge in [-0.3, -0.25) is 4.79 Å². The second-order valence-corrected chi connectivity index (χ2v) is 5.36. The van der Waals surface area contributed by atoms with Gasteiger partial charge in [0.1, 0.15) is 0 Å². The molecule has 0 spiro atoms. The highest BCUT2D eigenvalue weighted by Gasteiger charge is 2.33. The van der Waals surface area contributed by atoms with Crippen LogP contribution in [0.15, 0.2) is 0 Å². The monoisotopic (exact) mass is 224 g/mol. The fourth-order valence-corrected chi connectivity index (χ4v) is 3.24. The fourth-order valence-electron chi connectivity index (χ4n) is 3.24. The van der Waals surface area contributed by atoms with E-state index >= 15 is 0 Å². The predicted molar refractivity (Wildman–Crippen MR) is 65.0 cm³/mol. The summed E-state index contributed by atoms with van der Waals surface area (Å²) in [6.07, 6.45) is 7.67. The van der Waals surface area contributed by atoms with Crippen molar-refractivity contribution in [2.24, 2.45) is 11.7 Å². The number of nitrogens with zero attached hydrogens (tertiary/aromatic N) is 1. The maximum Gasteiger partial charge on any atom is 0.225 e. The maximum absolute atomic E-state index is 12.4. The summed E-state index contributed by atoms with van der Waals surface area (Å²) in [4.78, 5) is 14.5. The molecule has 3 nitrogen and oxygen atoms in total. The largest absolute Gasteiger partial charge is 0.339 e. The van der Waals surface area contributed by atoms with Crippen LogP contribution in [-0.4, -0.2) is 29.4 Å². The number of nitrogens with two attached hydrogens (primary N) is 1. The number of carbonyl (C=O) groups excluding carboxylic acids is 1. The lowest BCUT2D eigenvalue weighted by atomic mass is 9.85. The molecule has 0 bridgehead atoms. The molecule has 0 aromatic carbocycles. The lowest BCUT2D eigenvalue weighted by Gasteiger charge is -2.32. The van der Waals surface area contributed by atoms with Crippen molar-refractivity contribution in [3.8, 4) is 0 Å². The zero-order valence-corrected chi connectivity index (χ0v) is 10.3. The van der Waals surface area contributed by atoms with Crippen LogP contribution in [0.2, 0.25) is 0 Å². The van der Waals surface area contributed by atoms with Gasteiger partial charge < -0.3 is 10.6 Å². The first kappa shape index (κ1) is 11.9. The number of rotatable bonds is 2. The van der Waals surface area contributed by atoms with Crippen molar-refractivity contribution in [2.75, 3.05) is 6.54 Å². The molecule has 1 saturated heterocycles. The molecule has 0 aromatic rings. The summed E-state index contributed by atoms with van der Waals surface area (Å²) in [7, 11) is 0. The van der Waals surface area contributed by atoms with E-state index in [2.05, 4.69) is 11.8 Å². The van der Waals surface area contributed by atoms with E-state index in [4.69, 9.17) is 5.73 Å². The average Bonchev–Trinajstić information content (AvgIpc) is 2.76. The van der Waals surface area contributed by atoms with E-state index in [9.17, 15) is 4.79 Å². The van der Waals surface area contributed by atoms with Crippen molar-refractivity contribution < 1.29 is 4.79 Å². The Balaban J connectivity index is 1.95. The van der Waals surface area contributed by atoms with E-state index in [-0.39, 0.29) is 12.0 Å². The predicted octanol–water partition coefficient (Wildman–Crippen LogP) is 1.90. The van der Waals surface area contributed by atoms with Gasteiger partial charge in [-0.1, -0.05) is 13.3 Å². The molecule has 1 saturated carbocycles. The Morgan fingerprint density at radius 2 is 2.12 bits per heavy atom. The summed E-state index contributed by atoms with van der Waals surface area (Å²) in [5.74, 6) is 0.607. The summed E-state index contributed by atoms with van der Waals surface area (Å²) >= 11 is 0. The fraction of sp³-hybridized carbons (Fsp3) is 0.923. The highest BCUT2D eigenvalue weighted by Crippen LogP contribution is 2.29. The molecular weight excluding hydrogens is 200 g/mol. The highest BCUT2D eigenvalue weighted by atomic mass is 16.2. The van der Waals surface area contributed by atoms with Gasteiger partial charge >= 0.3 is 0 Å². The van der Waals surface area contributed by atoms with Crippen LogP contribution in [0.5, 0.6) is 0 Å². The summed E-state index contributed by atoms with van der Waals surface area (Å²) in [5.41, 5.74) is 5.96. The molecule has 1 aliphatic heterocycles. The van der Waals surface area contributed by atoms with Gasteiger partial charge in [-0.05, 0) is 38.5 Å². The number of hydrogen-bond acceptors (Lipinski definition) is 2. The van der Waals surface area contributed by atoms with E-state index in [0.29, 0.717) is 11.9 Å². The van der Waals surface area contributed by atoms with Gasteiger partial charge in [0.05, 0.1) is 0 Å². The molecule has 3 atom stereocenters. The van der Waals surface area contributed by atoms with Crippen LogP contribution in [0.25, 0.3) is 0 Å². The number of likely N-dealkylation sites (tertiary alicyclic amines) is 1. The summed E-state index contributed by atoms with van der Waals surface area (Å²) in [6, 6.07) is 0.760. The average molecular weight is 224 g/mol. The smallest absolute Gasteiger partial charge is 0.225 e. The lowest BCUT2D eigenvalue weighted by Crippen LogP contribution is -2.42. The van der Waals surface area contributed by atoms with Crippen molar-refractivity contribution in [3.63, 3.8) is 0 Å². The molecule has 2 N–H and O–H groups in total. The van der Waals surface area contributed by atoms with Crippen LogP contribution in [-0.2, 0) is 4.79 Å². The van der Waals surface area contributed by atoms with Crippen LogP contribution in [0.3, 0.4) is 0 Å². The van der Waals surface area contributed by atoms with Gasteiger partial charge in [-0.25, -0.2) is 0 Å². The Labute approximate surface area is 98.4 Å². The van der Waals surface area contributed by atoms with E-state index in [0.717, 1.165) is 38.6 Å². The molecule has 92 valence electrons. The van der Waals surface area contributed by atoms with Crippen molar-refractivity contribution in [1.29, 1.82) is 0 Å². The first-order valence-electron chi connectivity index (χ1n) is 6.78. The standard InChI is InChI=1S/C13H24N2O/c1-2-12-7-4-8-15(12)13(16)10-5-3-6-11(14)9-10/h10-12H,2-9,14H2,1H3. The Morgan fingerprint density at radius 1 is 1.31 bits per heavy atom. The van der Waals surface area contributed by atoms with Crippen LogP contribution in [0.4, 0.5) is 0 Å². The number of amides is 1. The summed E-state index contributed by atoms with van der Waals surface area (Å²) in [5, 5.41) is 0. The molecule has 2 aliphatic rings. The van der Waals surface area contributed by atoms with Crippen molar-refractivity contribution in [3.05, 3.63) is 0 Å². The van der Waals surface area contributed by atoms with Crippen molar-refractivity contribution in [2.45, 2.75) is 64.0 Å². The molecule has 1 heterocycles. The van der Waals surface area contributed by atoms with Crippen LogP contribution >= 0.6 is 0 Å². The molecule has 1 amide bonds. The molecule has 1 aliphatic carbocycles.